The zero-order chi connectivity index (χ0) is 20.2. The molecule has 0 aromatic heterocycles. The Morgan fingerprint density at radius 3 is 2.75 bits per heavy atom. The first-order chi connectivity index (χ1) is 13.6. The van der Waals surface area contributed by atoms with E-state index in [4.69, 9.17) is 14.5 Å². The molecule has 0 radical (unpaired) electrons. The van der Waals surface area contributed by atoms with Crippen LogP contribution in [0.5, 0.6) is 0 Å². The molecule has 2 atom stereocenters. The van der Waals surface area contributed by atoms with E-state index in [1.54, 1.807) is 0 Å². The molecular weight excluding hydrogens is 359 g/mol. The molecule has 0 amide bonds. The minimum absolute atomic E-state index is 0.0887. The lowest BCUT2D eigenvalue weighted by Gasteiger charge is -2.23. The molecule has 0 spiro atoms. The minimum Gasteiger partial charge on any atom is -0.379 e. The fourth-order valence-corrected chi connectivity index (χ4v) is 3.14. The molecule has 1 aliphatic heterocycles. The van der Waals surface area contributed by atoms with Crippen molar-refractivity contribution in [3.8, 4) is 0 Å². The summed E-state index contributed by atoms with van der Waals surface area (Å²) >= 11 is 0. The topological polar surface area (TPSA) is 58.1 Å². The Morgan fingerprint density at radius 1 is 1.32 bits per heavy atom. The number of benzene rings is 1. The largest absolute Gasteiger partial charge is 0.379 e. The van der Waals surface area contributed by atoms with Crippen molar-refractivity contribution in [3.63, 3.8) is 0 Å². The van der Waals surface area contributed by atoms with Gasteiger partial charge in [-0.3, -0.25) is 4.99 Å². The van der Waals surface area contributed by atoms with Crippen LogP contribution in [0.15, 0.2) is 29.3 Å². The van der Waals surface area contributed by atoms with Crippen molar-refractivity contribution >= 4 is 5.96 Å². The highest BCUT2D eigenvalue weighted by Crippen LogP contribution is 2.19. The standard InChI is InChI=1S/C21H35FN4O2/c1-4-23-21(24-12-6-13-27-16-19-7-5-14-28-19)25-15-20(26(2)3)17-8-10-18(22)11-9-17/h8-11,19-20H,4-7,12-16H2,1-3H3,(H2,23,24,25). The van der Waals surface area contributed by atoms with Gasteiger partial charge < -0.3 is 25.0 Å². The van der Waals surface area contributed by atoms with Crippen molar-refractivity contribution in [3.05, 3.63) is 35.6 Å². The molecule has 0 bridgehead atoms. The summed E-state index contributed by atoms with van der Waals surface area (Å²) in [5.41, 5.74) is 1.05. The smallest absolute Gasteiger partial charge is 0.191 e. The van der Waals surface area contributed by atoms with E-state index in [1.807, 2.05) is 33.2 Å². The van der Waals surface area contributed by atoms with Gasteiger partial charge in [0.25, 0.3) is 0 Å². The zero-order valence-electron chi connectivity index (χ0n) is 17.4. The highest BCUT2D eigenvalue weighted by molar-refractivity contribution is 5.79. The zero-order valence-corrected chi connectivity index (χ0v) is 17.4. The molecule has 1 heterocycles. The number of likely N-dealkylation sites (N-methyl/N-ethyl adjacent to an activating group) is 1. The molecule has 2 unspecified atom stereocenters. The van der Waals surface area contributed by atoms with E-state index >= 15 is 0 Å². The van der Waals surface area contributed by atoms with Crippen molar-refractivity contribution in [2.24, 2.45) is 4.99 Å². The van der Waals surface area contributed by atoms with Gasteiger partial charge in [0.2, 0.25) is 0 Å². The van der Waals surface area contributed by atoms with Crippen LogP contribution >= 0.6 is 0 Å². The number of rotatable bonds is 11. The van der Waals surface area contributed by atoms with Gasteiger partial charge >= 0.3 is 0 Å². The van der Waals surface area contributed by atoms with Gasteiger partial charge in [-0.1, -0.05) is 12.1 Å². The molecule has 1 aromatic carbocycles. The number of nitrogens with zero attached hydrogens (tertiary/aromatic N) is 2. The monoisotopic (exact) mass is 394 g/mol. The van der Waals surface area contributed by atoms with E-state index in [0.29, 0.717) is 19.8 Å². The van der Waals surface area contributed by atoms with E-state index in [9.17, 15) is 4.39 Å². The Labute approximate surface area is 168 Å². The second-order valence-corrected chi connectivity index (χ2v) is 7.24. The highest BCUT2D eigenvalue weighted by atomic mass is 19.1. The van der Waals surface area contributed by atoms with E-state index in [1.165, 1.54) is 12.1 Å². The van der Waals surface area contributed by atoms with Crippen molar-refractivity contribution in [2.45, 2.75) is 38.3 Å². The Morgan fingerprint density at radius 2 is 2.11 bits per heavy atom. The molecular formula is C21H35FN4O2. The van der Waals surface area contributed by atoms with Crippen molar-refractivity contribution in [2.75, 3.05) is 53.6 Å². The average molecular weight is 395 g/mol. The van der Waals surface area contributed by atoms with Crippen LogP contribution in [-0.2, 0) is 9.47 Å². The fraction of sp³-hybridized carbons (Fsp3) is 0.667. The highest BCUT2D eigenvalue weighted by Gasteiger charge is 2.15. The van der Waals surface area contributed by atoms with Gasteiger partial charge in [-0.15, -0.1) is 0 Å². The third-order valence-electron chi connectivity index (χ3n) is 4.73. The van der Waals surface area contributed by atoms with Crippen LogP contribution in [-0.4, -0.2) is 70.5 Å². The number of hydrogen-bond acceptors (Lipinski definition) is 4. The lowest BCUT2D eigenvalue weighted by molar-refractivity contribution is 0.0168. The predicted molar refractivity (Wildman–Crippen MR) is 111 cm³/mol. The summed E-state index contributed by atoms with van der Waals surface area (Å²) in [6.45, 7) is 6.49. The quantitative estimate of drug-likeness (QED) is 0.343. The molecule has 1 aliphatic rings. The van der Waals surface area contributed by atoms with Crippen molar-refractivity contribution < 1.29 is 13.9 Å². The first kappa shape index (κ1) is 22.6. The minimum atomic E-state index is -0.221. The Balaban J connectivity index is 1.76. The van der Waals surface area contributed by atoms with Crippen LogP contribution in [0.1, 0.15) is 37.8 Å². The Hall–Kier alpha value is -1.70. The van der Waals surface area contributed by atoms with Crippen molar-refractivity contribution in [1.29, 1.82) is 0 Å². The number of guanidine groups is 1. The van der Waals surface area contributed by atoms with Crippen LogP contribution in [0, 0.1) is 5.82 Å². The lowest BCUT2D eigenvalue weighted by Crippen LogP contribution is -2.39. The van der Waals surface area contributed by atoms with Crippen LogP contribution in [0.4, 0.5) is 4.39 Å². The van der Waals surface area contributed by atoms with E-state index < -0.39 is 0 Å². The maximum Gasteiger partial charge on any atom is 0.191 e. The van der Waals surface area contributed by atoms with Crippen LogP contribution < -0.4 is 10.6 Å². The number of nitrogens with one attached hydrogen (secondary N) is 2. The van der Waals surface area contributed by atoms with Crippen molar-refractivity contribution in [1.82, 2.24) is 15.5 Å². The molecule has 2 N–H and O–H groups in total. The predicted octanol–water partition coefficient (Wildman–Crippen LogP) is 2.57. The van der Waals surface area contributed by atoms with Gasteiger partial charge in [-0.25, -0.2) is 4.39 Å². The molecule has 1 aromatic rings. The third kappa shape index (κ3) is 8.12. The number of aliphatic imine (C=N–C) groups is 1. The second-order valence-electron chi connectivity index (χ2n) is 7.24. The summed E-state index contributed by atoms with van der Waals surface area (Å²) in [5.74, 6) is 0.567. The summed E-state index contributed by atoms with van der Waals surface area (Å²) in [6, 6.07) is 6.72. The van der Waals surface area contributed by atoms with Crippen LogP contribution in [0.3, 0.4) is 0 Å². The van der Waals surface area contributed by atoms with Crippen LogP contribution in [0.25, 0.3) is 0 Å². The summed E-state index contributed by atoms with van der Waals surface area (Å²) in [6.07, 6.45) is 3.44. The third-order valence-corrected chi connectivity index (χ3v) is 4.73. The lowest BCUT2D eigenvalue weighted by atomic mass is 10.1. The van der Waals surface area contributed by atoms with Gasteiger partial charge in [0.1, 0.15) is 5.82 Å². The number of halogens is 1. The molecule has 6 nitrogen and oxygen atoms in total. The maximum atomic E-state index is 13.2. The molecule has 158 valence electrons. The Kier molecular flexibility index (Phi) is 10.2. The van der Waals surface area contributed by atoms with Gasteiger partial charge in [-0.05, 0) is 58.0 Å². The second kappa shape index (κ2) is 12.7. The molecule has 2 rings (SSSR count). The molecule has 1 saturated heterocycles. The Bertz CT molecular complexity index is 574. The van der Waals surface area contributed by atoms with Crippen LogP contribution in [0.2, 0.25) is 0 Å². The number of ether oxygens (including phenoxy) is 2. The van der Waals surface area contributed by atoms with E-state index in [-0.39, 0.29) is 18.0 Å². The molecule has 0 saturated carbocycles. The van der Waals surface area contributed by atoms with Gasteiger partial charge in [0, 0.05) is 26.3 Å². The maximum absolute atomic E-state index is 13.2. The molecule has 0 aliphatic carbocycles. The first-order valence-corrected chi connectivity index (χ1v) is 10.2. The summed E-state index contributed by atoms with van der Waals surface area (Å²) < 4.78 is 24.4. The summed E-state index contributed by atoms with van der Waals surface area (Å²) in [7, 11) is 4.02. The summed E-state index contributed by atoms with van der Waals surface area (Å²) in [5, 5.41) is 6.63. The molecule has 28 heavy (non-hydrogen) atoms. The average Bonchev–Trinajstić information content (AvgIpc) is 3.19. The fourth-order valence-electron chi connectivity index (χ4n) is 3.14. The van der Waals surface area contributed by atoms with Gasteiger partial charge in [-0.2, -0.15) is 0 Å². The SMILES string of the molecule is CCNC(=NCC(c1ccc(F)cc1)N(C)C)NCCCOCC1CCCO1. The normalized spacial score (nSPS) is 18.5. The van der Waals surface area contributed by atoms with E-state index in [0.717, 1.165) is 50.5 Å². The number of hydrogen-bond donors (Lipinski definition) is 2. The molecule has 7 heteroatoms. The van der Waals surface area contributed by atoms with Gasteiger partial charge in [0.15, 0.2) is 5.96 Å². The van der Waals surface area contributed by atoms with Gasteiger partial charge in [0.05, 0.1) is 25.3 Å². The first-order valence-electron chi connectivity index (χ1n) is 10.2. The molecule has 1 fully saturated rings. The summed E-state index contributed by atoms with van der Waals surface area (Å²) in [4.78, 5) is 6.81. The van der Waals surface area contributed by atoms with E-state index in [2.05, 4.69) is 15.5 Å².